The normalized spacial score (nSPS) is 11.1. The Bertz CT molecular complexity index is 1630. The monoisotopic (exact) mass is 522 g/mol. The molecule has 0 bridgehead atoms. The number of halogens is 2. The predicted molar refractivity (Wildman–Crippen MR) is 136 cm³/mol. The maximum Gasteiger partial charge on any atom is 0.271 e. The topological polar surface area (TPSA) is 122 Å². The van der Waals surface area contributed by atoms with Crippen LogP contribution in [-0.4, -0.2) is 20.6 Å². The second kappa shape index (κ2) is 9.37. The predicted octanol–water partition coefficient (Wildman–Crippen LogP) is 6.47. The first kappa shape index (κ1) is 23.4. The molecule has 0 aliphatic heterocycles. The number of nitro benzene ring substituents is 1. The van der Waals surface area contributed by atoms with Crippen LogP contribution in [0.3, 0.4) is 0 Å². The van der Waals surface area contributed by atoms with Gasteiger partial charge >= 0.3 is 0 Å². The summed E-state index contributed by atoms with van der Waals surface area (Å²) in [5, 5.41) is 12.9. The lowest BCUT2D eigenvalue weighted by Crippen LogP contribution is -2.09. The van der Waals surface area contributed by atoms with Crippen LogP contribution in [0.15, 0.2) is 66.7 Å². The fourth-order valence-electron chi connectivity index (χ4n) is 3.81. The van der Waals surface area contributed by atoms with Gasteiger partial charge in [0.2, 0.25) is 0 Å². The molecule has 180 valence electrons. The van der Waals surface area contributed by atoms with Crippen molar-refractivity contribution in [2.75, 3.05) is 5.73 Å². The summed E-state index contributed by atoms with van der Waals surface area (Å²) in [5.74, 6) is 1.21. The summed E-state index contributed by atoms with van der Waals surface area (Å²) in [5.41, 5.74) is 7.51. The summed E-state index contributed by atoms with van der Waals surface area (Å²) in [6.45, 7) is -0.0504. The number of aromatic nitrogens is 2. The molecule has 0 fully saturated rings. The molecule has 9 nitrogen and oxygen atoms in total. The zero-order valence-electron chi connectivity index (χ0n) is 18.4. The summed E-state index contributed by atoms with van der Waals surface area (Å²) in [6.07, 6.45) is 0.638. The van der Waals surface area contributed by atoms with Crippen molar-refractivity contribution in [3.63, 3.8) is 0 Å². The van der Waals surface area contributed by atoms with Gasteiger partial charge in [-0.05, 0) is 54.6 Å². The molecule has 0 unspecified atom stereocenters. The van der Waals surface area contributed by atoms with Gasteiger partial charge in [0.25, 0.3) is 5.69 Å². The number of anilines is 1. The number of carbonyl (C=O) groups is 1. The lowest BCUT2D eigenvalue weighted by molar-refractivity contribution is -0.384. The Balaban J connectivity index is 1.71. The first-order chi connectivity index (χ1) is 17.4. The molecule has 0 aliphatic carbocycles. The highest BCUT2D eigenvalue weighted by Crippen LogP contribution is 2.37. The Kier molecular flexibility index (Phi) is 6.09. The quantitative estimate of drug-likeness (QED) is 0.147. The van der Waals surface area contributed by atoms with Gasteiger partial charge in [0.1, 0.15) is 23.8 Å². The van der Waals surface area contributed by atoms with Crippen molar-refractivity contribution in [1.29, 1.82) is 0 Å². The first-order valence-electron chi connectivity index (χ1n) is 10.5. The molecular formula is C25H16Cl2N4O5. The molecule has 0 radical (unpaired) electrons. The third kappa shape index (κ3) is 4.26. The molecule has 0 atom stereocenters. The van der Waals surface area contributed by atoms with E-state index in [-0.39, 0.29) is 35.1 Å². The number of nitro groups is 1. The van der Waals surface area contributed by atoms with Crippen LogP contribution in [0.1, 0.15) is 16.1 Å². The van der Waals surface area contributed by atoms with E-state index < -0.39 is 4.92 Å². The van der Waals surface area contributed by atoms with Crippen molar-refractivity contribution in [2.45, 2.75) is 6.61 Å². The molecule has 0 saturated carbocycles. The van der Waals surface area contributed by atoms with Crippen LogP contribution < -0.4 is 15.2 Å². The Morgan fingerprint density at radius 3 is 2.25 bits per heavy atom. The van der Waals surface area contributed by atoms with Crippen molar-refractivity contribution >= 4 is 57.5 Å². The Morgan fingerprint density at radius 2 is 1.64 bits per heavy atom. The highest BCUT2D eigenvalue weighted by atomic mass is 35.5. The molecule has 5 rings (SSSR count). The molecule has 36 heavy (non-hydrogen) atoms. The van der Waals surface area contributed by atoms with E-state index in [2.05, 4.69) is 4.98 Å². The van der Waals surface area contributed by atoms with E-state index in [1.165, 1.54) is 22.6 Å². The minimum absolute atomic E-state index is 0.0504. The highest BCUT2D eigenvalue weighted by Gasteiger charge is 2.23. The summed E-state index contributed by atoms with van der Waals surface area (Å²) in [4.78, 5) is 27.6. The molecular weight excluding hydrogens is 507 g/mol. The van der Waals surface area contributed by atoms with Gasteiger partial charge in [-0.15, -0.1) is 0 Å². The molecule has 0 amide bonds. The zero-order chi connectivity index (χ0) is 25.4. The van der Waals surface area contributed by atoms with Crippen molar-refractivity contribution in [2.24, 2.45) is 0 Å². The number of hydrogen-bond donors (Lipinski definition) is 1. The van der Waals surface area contributed by atoms with Gasteiger partial charge < -0.3 is 15.2 Å². The van der Waals surface area contributed by atoms with E-state index in [1.807, 2.05) is 0 Å². The average molecular weight is 523 g/mol. The molecule has 11 heteroatoms. The largest absolute Gasteiger partial charge is 0.487 e. The lowest BCUT2D eigenvalue weighted by atomic mass is 10.2. The Morgan fingerprint density at radius 1 is 1.00 bits per heavy atom. The Labute approximate surface area is 213 Å². The van der Waals surface area contributed by atoms with E-state index in [0.29, 0.717) is 44.4 Å². The molecule has 0 saturated heterocycles. The number of nitrogen functional groups attached to an aromatic ring is 1. The second-order valence-corrected chi connectivity index (χ2v) is 8.59. The highest BCUT2D eigenvalue weighted by molar-refractivity contribution is 6.30. The lowest BCUT2D eigenvalue weighted by Gasteiger charge is -2.16. The molecule has 5 aromatic rings. The van der Waals surface area contributed by atoms with Gasteiger partial charge in [-0.25, -0.2) is 4.98 Å². The van der Waals surface area contributed by atoms with Crippen molar-refractivity contribution in [3.8, 4) is 17.2 Å². The van der Waals surface area contributed by atoms with Gasteiger partial charge in [0, 0.05) is 27.6 Å². The van der Waals surface area contributed by atoms with Crippen LogP contribution in [0.2, 0.25) is 10.0 Å². The number of nitrogens with two attached hydrogens (primary N) is 1. The van der Waals surface area contributed by atoms with Gasteiger partial charge in [0.15, 0.2) is 23.5 Å². The number of non-ortho nitro benzene ring substituents is 1. The van der Waals surface area contributed by atoms with E-state index in [9.17, 15) is 14.9 Å². The van der Waals surface area contributed by atoms with Gasteiger partial charge in [0.05, 0.1) is 16.0 Å². The smallest absolute Gasteiger partial charge is 0.271 e. The third-order valence-corrected chi connectivity index (χ3v) is 6.00. The average Bonchev–Trinajstić information content (AvgIpc) is 3.19. The fourth-order valence-corrected chi connectivity index (χ4v) is 4.06. The number of hydrogen-bond acceptors (Lipinski definition) is 7. The molecule has 2 aromatic heterocycles. The minimum Gasteiger partial charge on any atom is -0.487 e. The molecule has 2 N–H and O–H groups in total. The van der Waals surface area contributed by atoms with Crippen LogP contribution in [0.5, 0.6) is 17.2 Å². The summed E-state index contributed by atoms with van der Waals surface area (Å²) >= 11 is 11.9. The standard InChI is InChI=1S/C25H16Cl2N4O5/c26-14-1-6-17(7-2-14)35-13-21-23(36-18-8-3-15(27)4-9-18)24(28)30-22-11-16(31(33)34)5-10-19(22)20(12-32)25(30)29-21/h1-12H,13,28H2. The van der Waals surface area contributed by atoms with Crippen LogP contribution in [-0.2, 0) is 6.61 Å². The molecule has 0 aliphatic rings. The van der Waals surface area contributed by atoms with Crippen molar-refractivity contribution < 1.29 is 19.2 Å². The van der Waals surface area contributed by atoms with E-state index in [4.69, 9.17) is 38.4 Å². The van der Waals surface area contributed by atoms with Gasteiger partial charge in [-0.3, -0.25) is 19.3 Å². The SMILES string of the molecule is Nc1c(Oc2ccc(Cl)cc2)c(COc2ccc(Cl)cc2)nc2c(C=O)c3ccc([N+](=O)[O-])cc3n12. The van der Waals surface area contributed by atoms with Crippen LogP contribution in [0.25, 0.3) is 16.6 Å². The number of benzene rings is 3. The summed E-state index contributed by atoms with van der Waals surface area (Å²) < 4.78 is 13.4. The number of fused-ring (bicyclic) bond motifs is 3. The first-order valence-corrected chi connectivity index (χ1v) is 11.3. The molecule has 2 heterocycles. The van der Waals surface area contributed by atoms with E-state index >= 15 is 0 Å². The third-order valence-electron chi connectivity index (χ3n) is 5.49. The van der Waals surface area contributed by atoms with E-state index in [0.717, 1.165) is 0 Å². The summed E-state index contributed by atoms with van der Waals surface area (Å²) in [6, 6.07) is 17.5. The second-order valence-electron chi connectivity index (χ2n) is 7.72. The number of rotatable bonds is 7. The van der Waals surface area contributed by atoms with Crippen molar-refractivity contribution in [3.05, 3.63) is 98.1 Å². The number of aldehydes is 1. The molecule has 3 aromatic carbocycles. The maximum atomic E-state index is 12.0. The van der Waals surface area contributed by atoms with E-state index in [1.54, 1.807) is 48.5 Å². The molecule has 0 spiro atoms. The number of ether oxygens (including phenoxy) is 2. The maximum absolute atomic E-state index is 12.0. The summed E-state index contributed by atoms with van der Waals surface area (Å²) in [7, 11) is 0. The zero-order valence-corrected chi connectivity index (χ0v) is 19.9. The van der Waals surface area contributed by atoms with Crippen molar-refractivity contribution in [1.82, 2.24) is 9.38 Å². The van der Waals surface area contributed by atoms with Gasteiger partial charge in [-0.1, -0.05) is 23.2 Å². The van der Waals surface area contributed by atoms with Crippen LogP contribution in [0, 0.1) is 10.1 Å². The van der Waals surface area contributed by atoms with Gasteiger partial charge in [-0.2, -0.15) is 0 Å². The Hall–Kier alpha value is -4.34. The number of carbonyl (C=O) groups excluding carboxylic acids is 1. The number of nitrogens with zero attached hydrogens (tertiary/aromatic N) is 3. The van der Waals surface area contributed by atoms with Crippen LogP contribution in [0.4, 0.5) is 11.5 Å². The minimum atomic E-state index is -0.525. The fraction of sp³-hybridized carbons (Fsp3) is 0.0400. The van der Waals surface area contributed by atoms with Crippen LogP contribution >= 0.6 is 23.2 Å².